The van der Waals surface area contributed by atoms with Gasteiger partial charge in [0.25, 0.3) is 11.8 Å². The Kier molecular flexibility index (Phi) is 10.5. The molecule has 5 atom stereocenters. The molecular weight excluding hydrogens is 780 g/mol. The first-order chi connectivity index (χ1) is 27.6. The lowest BCUT2D eigenvalue weighted by Crippen LogP contribution is -2.40. The Morgan fingerprint density at radius 1 is 0.864 bits per heavy atom. The summed E-state index contributed by atoms with van der Waals surface area (Å²) in [5.74, 6) is -3.62. The molecule has 6 heterocycles. The predicted octanol–water partition coefficient (Wildman–Crippen LogP) is 9.63. The second-order valence-corrected chi connectivity index (χ2v) is 15.7. The molecule has 0 aliphatic carbocycles. The maximum atomic E-state index is 14.9. The molecule has 2 aromatic heterocycles. The molecule has 8 bridgehead atoms. The van der Waals surface area contributed by atoms with Crippen LogP contribution in [0.15, 0.2) is 36.4 Å². The summed E-state index contributed by atoms with van der Waals surface area (Å²) < 4.78 is 88.6. The van der Waals surface area contributed by atoms with Gasteiger partial charge in [-0.15, -0.1) is 0 Å². The topological polar surface area (TPSA) is 141 Å². The van der Waals surface area contributed by atoms with E-state index >= 15 is 0 Å². The van der Waals surface area contributed by atoms with Crippen LogP contribution in [0.3, 0.4) is 0 Å². The summed E-state index contributed by atoms with van der Waals surface area (Å²) in [6.45, 7) is 10.1. The average Bonchev–Trinajstić information content (AvgIpc) is 3.84. The fourth-order valence-electron chi connectivity index (χ4n) is 8.86. The molecule has 0 saturated carbocycles. The summed E-state index contributed by atoms with van der Waals surface area (Å²) >= 11 is 0. The van der Waals surface area contributed by atoms with Crippen LogP contribution in [0.25, 0.3) is 22.2 Å². The molecule has 59 heavy (non-hydrogen) atoms. The van der Waals surface area contributed by atoms with Crippen LogP contribution >= 0.6 is 0 Å². The fourth-order valence-corrected chi connectivity index (χ4v) is 8.86. The van der Waals surface area contributed by atoms with Crippen molar-refractivity contribution in [2.45, 2.75) is 109 Å². The van der Waals surface area contributed by atoms with Gasteiger partial charge in [0, 0.05) is 58.3 Å². The number of allylic oxidation sites excluding steroid dienone is 1. The lowest BCUT2D eigenvalue weighted by molar-refractivity contribution is -0.143. The van der Waals surface area contributed by atoms with Crippen LogP contribution in [0, 0.1) is 6.92 Å². The minimum Gasteiger partial charge on any atom is -0.469 e. The zero-order valence-electron chi connectivity index (χ0n) is 33.4. The van der Waals surface area contributed by atoms with E-state index in [0.717, 1.165) is 11.4 Å². The predicted molar refractivity (Wildman–Crippen MR) is 206 cm³/mol. The van der Waals surface area contributed by atoms with Gasteiger partial charge in [-0.2, -0.15) is 26.3 Å². The molecule has 4 aliphatic rings. The Labute approximate surface area is 335 Å². The van der Waals surface area contributed by atoms with Crippen molar-refractivity contribution >= 4 is 40.0 Å². The van der Waals surface area contributed by atoms with Gasteiger partial charge < -0.3 is 19.8 Å². The van der Waals surface area contributed by atoms with Crippen molar-refractivity contribution in [3.05, 3.63) is 104 Å². The zero-order chi connectivity index (χ0) is 43.0. The number of hydrogen-bond acceptors (Lipinski definition) is 7. The molecule has 2 amide bonds. The molecule has 1 unspecified atom stereocenters. The molecule has 0 radical (unpaired) electrons. The lowest BCUT2D eigenvalue weighted by Gasteiger charge is -2.27. The molecule has 312 valence electrons. The molecule has 1 aromatic carbocycles. The number of benzene rings is 1. The Morgan fingerprint density at radius 3 is 2.10 bits per heavy atom. The van der Waals surface area contributed by atoms with Crippen molar-refractivity contribution in [1.29, 1.82) is 0 Å². The summed E-state index contributed by atoms with van der Waals surface area (Å²) in [4.78, 5) is 59.3. The minimum atomic E-state index is -5.16. The van der Waals surface area contributed by atoms with Gasteiger partial charge in [0.05, 0.1) is 64.6 Å². The van der Waals surface area contributed by atoms with Crippen molar-refractivity contribution in [1.82, 2.24) is 24.8 Å². The number of esters is 1. The van der Waals surface area contributed by atoms with Crippen LogP contribution < -0.4 is 0 Å². The SMILES string of the molecule is CC[C@@H]1c2cc3[nH]c4c(c5nc(cc6nc(cc([nH]2)[C@H]1C)C(C(C)O)=C6C)[C@@H](C)[C@@H]5CCC(=O)OC)C(=O)N(Cc1cc(C(F)(F)F)cc(C(F)(F)F)c1)C(=O)c4c3C. The molecule has 0 saturated heterocycles. The van der Waals surface area contributed by atoms with Crippen molar-refractivity contribution in [3.63, 3.8) is 0 Å². The van der Waals surface area contributed by atoms with Crippen LogP contribution in [0.1, 0.15) is 155 Å². The number of aliphatic hydroxyl groups excluding tert-OH is 1. The van der Waals surface area contributed by atoms with Gasteiger partial charge in [0.15, 0.2) is 0 Å². The molecular formula is C43H43F6N5O5. The molecule has 3 aromatic rings. The third kappa shape index (κ3) is 7.29. The number of amides is 2. The second kappa shape index (κ2) is 14.9. The number of alkyl halides is 6. The van der Waals surface area contributed by atoms with Gasteiger partial charge in [-0.1, -0.05) is 20.8 Å². The van der Waals surface area contributed by atoms with Gasteiger partial charge in [0.1, 0.15) is 0 Å². The summed E-state index contributed by atoms with van der Waals surface area (Å²) in [5, 5.41) is 11.0. The molecule has 7 rings (SSSR count). The van der Waals surface area contributed by atoms with Gasteiger partial charge in [-0.3, -0.25) is 24.3 Å². The van der Waals surface area contributed by atoms with Crippen LogP contribution in [0.5, 0.6) is 0 Å². The summed E-state index contributed by atoms with van der Waals surface area (Å²) in [6, 6.07) is 6.47. The van der Waals surface area contributed by atoms with E-state index in [9.17, 15) is 45.8 Å². The van der Waals surface area contributed by atoms with E-state index in [1.54, 1.807) is 19.9 Å². The number of imide groups is 1. The molecule has 16 heteroatoms. The monoisotopic (exact) mass is 823 g/mol. The van der Waals surface area contributed by atoms with Gasteiger partial charge in [-0.05, 0) is 86.7 Å². The third-order valence-electron chi connectivity index (χ3n) is 12.1. The molecule has 10 nitrogen and oxygen atoms in total. The summed E-state index contributed by atoms with van der Waals surface area (Å²) in [7, 11) is 1.24. The number of carbonyl (C=O) groups excluding carboxylic acids is 3. The number of aromatic amines is 2. The first-order valence-corrected chi connectivity index (χ1v) is 19.3. The fraction of sp³-hybridized carbons (Fsp3) is 0.419. The minimum absolute atomic E-state index is 0.00693. The number of aryl methyl sites for hydroxylation is 1. The number of nitrogens with zero attached hydrogens (tertiary/aromatic N) is 3. The number of nitrogens with one attached hydrogen (secondary N) is 2. The lowest BCUT2D eigenvalue weighted by atomic mass is 9.84. The van der Waals surface area contributed by atoms with E-state index in [0.29, 0.717) is 62.8 Å². The van der Waals surface area contributed by atoms with Crippen LogP contribution in [-0.2, 0) is 28.4 Å². The number of carbonyl (C=O) groups is 3. The number of H-pyrrole nitrogens is 2. The number of aliphatic hydroxyl groups is 1. The third-order valence-corrected chi connectivity index (χ3v) is 12.1. The number of fused-ring (bicyclic) bond motifs is 8. The number of hydrogen-bond donors (Lipinski definition) is 3. The van der Waals surface area contributed by atoms with Crippen molar-refractivity contribution in [3.8, 4) is 0 Å². The van der Waals surface area contributed by atoms with Crippen LogP contribution in [0.4, 0.5) is 26.3 Å². The smallest absolute Gasteiger partial charge is 0.416 e. The maximum absolute atomic E-state index is 14.9. The molecule has 4 aliphatic heterocycles. The number of ether oxygens (including phenoxy) is 1. The molecule has 3 N–H and O–H groups in total. The maximum Gasteiger partial charge on any atom is 0.416 e. The van der Waals surface area contributed by atoms with Gasteiger partial charge >= 0.3 is 18.3 Å². The number of methoxy groups -OCH3 is 1. The normalized spacial score (nSPS) is 20.6. The largest absolute Gasteiger partial charge is 0.469 e. The quantitative estimate of drug-likeness (QED) is 0.122. The van der Waals surface area contributed by atoms with Gasteiger partial charge in [-0.25, -0.2) is 4.98 Å². The Bertz CT molecular complexity index is 2480. The highest BCUT2D eigenvalue weighted by molar-refractivity contribution is 6.23. The highest BCUT2D eigenvalue weighted by Crippen LogP contribution is 2.46. The van der Waals surface area contributed by atoms with Crippen LogP contribution in [-0.4, -0.2) is 60.9 Å². The van der Waals surface area contributed by atoms with E-state index in [1.165, 1.54) is 7.11 Å². The van der Waals surface area contributed by atoms with E-state index < -0.39 is 71.3 Å². The van der Waals surface area contributed by atoms with E-state index in [1.807, 2.05) is 32.9 Å². The Balaban J connectivity index is 1.56. The second-order valence-electron chi connectivity index (χ2n) is 15.7. The van der Waals surface area contributed by atoms with E-state index in [2.05, 4.69) is 16.9 Å². The zero-order valence-corrected chi connectivity index (χ0v) is 33.4. The number of aromatic nitrogens is 4. The van der Waals surface area contributed by atoms with Gasteiger partial charge in [0.2, 0.25) is 0 Å². The van der Waals surface area contributed by atoms with Crippen molar-refractivity contribution < 1.29 is 50.6 Å². The summed E-state index contributed by atoms with van der Waals surface area (Å²) in [6.07, 6.45) is -10.4. The average molecular weight is 824 g/mol. The molecule has 0 spiro atoms. The first kappa shape index (κ1) is 41.6. The number of rotatable bonds is 7. The molecule has 0 fully saturated rings. The number of halogens is 6. The van der Waals surface area contributed by atoms with Crippen molar-refractivity contribution in [2.75, 3.05) is 7.11 Å². The van der Waals surface area contributed by atoms with E-state index in [4.69, 9.17) is 14.7 Å². The summed E-state index contributed by atoms with van der Waals surface area (Å²) in [5.41, 5.74) is 1.73. The standard InChI is InChI=1S/C43H43F6N5O5/c1-8-26-18(2)28-16-33-35(22(6)55)20(4)30(51-33)14-29-19(3)27(9-10-34(56)59-7)38(52-29)37-39-36(21(5)31(53-39)15-32(26)50-28)40(57)54(41(37)58)17-23-11-24(42(44,45)46)13-25(12-23)43(47,48)49/h11-16,18-19,22,26-27,50,53,55H,8-10,17H2,1-7H3/t18-,19-,22?,26-,27-/m0/s1. The Hall–Kier alpha value is -5.51. The highest BCUT2D eigenvalue weighted by Gasteiger charge is 2.43. The Morgan fingerprint density at radius 2 is 1.51 bits per heavy atom. The highest BCUT2D eigenvalue weighted by atomic mass is 19.4. The first-order valence-electron chi connectivity index (χ1n) is 19.3. The van der Waals surface area contributed by atoms with Crippen LogP contribution in [0.2, 0.25) is 0 Å². The van der Waals surface area contributed by atoms with Crippen molar-refractivity contribution in [2.24, 2.45) is 0 Å². The van der Waals surface area contributed by atoms with E-state index in [-0.39, 0.29) is 53.1 Å².